The minimum Gasteiger partial charge on any atom is -0.373 e. The van der Waals surface area contributed by atoms with Crippen molar-refractivity contribution in [3.05, 3.63) is 59.5 Å². The number of pyridine rings is 1. The molecule has 2 aromatic heterocycles. The molecule has 8 heteroatoms. The van der Waals surface area contributed by atoms with Gasteiger partial charge in [-0.1, -0.05) is 18.1 Å². The van der Waals surface area contributed by atoms with Gasteiger partial charge in [-0.3, -0.25) is 4.98 Å². The number of aromatic nitrogens is 2. The van der Waals surface area contributed by atoms with Gasteiger partial charge >= 0.3 is 6.18 Å². The highest BCUT2D eigenvalue weighted by molar-refractivity contribution is 5.86. The van der Waals surface area contributed by atoms with Gasteiger partial charge in [0.1, 0.15) is 6.54 Å². The molecule has 0 atom stereocenters. The smallest absolute Gasteiger partial charge is 0.373 e. The van der Waals surface area contributed by atoms with Crippen LogP contribution in [0.4, 0.5) is 18.9 Å². The maximum Gasteiger partial charge on any atom is 0.406 e. The van der Waals surface area contributed by atoms with Gasteiger partial charge in [-0.25, -0.2) is 0 Å². The Balaban J connectivity index is 1.82. The lowest BCUT2D eigenvalue weighted by Crippen LogP contribution is -2.18. The van der Waals surface area contributed by atoms with Crippen LogP contribution >= 0.6 is 0 Å². The summed E-state index contributed by atoms with van der Waals surface area (Å²) in [7, 11) is 1.79. The fourth-order valence-electron chi connectivity index (χ4n) is 3.35. The Hall–Kier alpha value is -3.49. The minimum atomic E-state index is -4.36. The normalized spacial score (nSPS) is 11.7. The number of nitrogens with zero attached hydrogens (tertiary/aromatic N) is 3. The summed E-state index contributed by atoms with van der Waals surface area (Å²) < 4.78 is 40.8. The van der Waals surface area contributed by atoms with E-state index in [2.05, 4.69) is 33.5 Å². The van der Waals surface area contributed by atoms with Gasteiger partial charge in [0.2, 0.25) is 0 Å². The molecule has 166 valence electrons. The number of nitrogens with one attached hydrogen (secondary N) is 2. The van der Waals surface area contributed by atoms with Crippen LogP contribution in [0, 0.1) is 23.2 Å². The summed E-state index contributed by atoms with van der Waals surface area (Å²) in [6, 6.07) is 12.8. The number of hydrogen-bond acceptors (Lipinski definition) is 4. The summed E-state index contributed by atoms with van der Waals surface area (Å²) >= 11 is 0. The first-order valence-electron chi connectivity index (χ1n) is 10.1. The Labute approximate surface area is 185 Å². The summed E-state index contributed by atoms with van der Waals surface area (Å²) in [5.41, 5.74) is 2.42. The topological polar surface area (TPSA) is 65.7 Å². The Morgan fingerprint density at radius 2 is 1.94 bits per heavy atom. The van der Waals surface area contributed by atoms with E-state index in [0.29, 0.717) is 29.1 Å². The largest absolute Gasteiger partial charge is 0.406 e. The standard InChI is InChI=1S/C24H24F3N5/c1-23(2,15-28)22-10-9-18(14-31-22)30-11-5-7-19-12-20-17(13-29-3)6-4-8-21(20)32(19)16-24(25,26)27/h4,6,8-10,12,14,29-30H,11,13,16H2,1-3H3. The predicted molar refractivity (Wildman–Crippen MR) is 119 cm³/mol. The van der Waals surface area contributed by atoms with Crippen molar-refractivity contribution in [2.45, 2.75) is 38.5 Å². The van der Waals surface area contributed by atoms with Gasteiger partial charge in [-0.15, -0.1) is 0 Å². The number of halogens is 3. The van der Waals surface area contributed by atoms with Gasteiger partial charge < -0.3 is 15.2 Å². The fourth-order valence-corrected chi connectivity index (χ4v) is 3.35. The molecule has 0 fully saturated rings. The van der Waals surface area contributed by atoms with Crippen LogP contribution in [-0.2, 0) is 18.5 Å². The number of nitriles is 1. The van der Waals surface area contributed by atoms with Gasteiger partial charge in [0, 0.05) is 17.4 Å². The molecule has 0 bridgehead atoms. The van der Waals surface area contributed by atoms with Crippen molar-refractivity contribution in [1.29, 1.82) is 5.26 Å². The van der Waals surface area contributed by atoms with Crippen LogP contribution in [0.15, 0.2) is 42.6 Å². The molecule has 2 N–H and O–H groups in total. The molecule has 0 unspecified atom stereocenters. The predicted octanol–water partition coefficient (Wildman–Crippen LogP) is 4.58. The average Bonchev–Trinajstić information content (AvgIpc) is 3.08. The van der Waals surface area contributed by atoms with Crippen molar-refractivity contribution < 1.29 is 13.2 Å². The van der Waals surface area contributed by atoms with E-state index in [1.54, 1.807) is 57.4 Å². The van der Waals surface area contributed by atoms with Crippen LogP contribution in [0.1, 0.15) is 30.8 Å². The molecule has 0 aliphatic heterocycles. The number of fused-ring (bicyclic) bond motifs is 1. The quantitative estimate of drug-likeness (QED) is 0.552. The maximum atomic E-state index is 13.2. The van der Waals surface area contributed by atoms with Crippen molar-refractivity contribution in [1.82, 2.24) is 14.9 Å². The molecule has 0 spiro atoms. The third-order valence-corrected chi connectivity index (χ3v) is 5.02. The minimum absolute atomic E-state index is 0.236. The zero-order chi connectivity index (χ0) is 23.4. The van der Waals surface area contributed by atoms with E-state index in [9.17, 15) is 18.4 Å². The highest BCUT2D eigenvalue weighted by Gasteiger charge is 2.29. The highest BCUT2D eigenvalue weighted by atomic mass is 19.4. The molecule has 0 aliphatic carbocycles. The van der Waals surface area contributed by atoms with E-state index >= 15 is 0 Å². The van der Waals surface area contributed by atoms with Crippen LogP contribution in [0.25, 0.3) is 10.9 Å². The van der Waals surface area contributed by atoms with Crippen LogP contribution in [0.5, 0.6) is 0 Å². The number of alkyl halides is 3. The number of anilines is 1. The molecule has 32 heavy (non-hydrogen) atoms. The number of rotatable bonds is 6. The van der Waals surface area contributed by atoms with E-state index in [0.717, 1.165) is 10.9 Å². The van der Waals surface area contributed by atoms with Crippen LogP contribution < -0.4 is 10.6 Å². The lowest BCUT2D eigenvalue weighted by atomic mass is 9.91. The first-order valence-corrected chi connectivity index (χ1v) is 10.1. The Kier molecular flexibility index (Phi) is 6.76. The summed E-state index contributed by atoms with van der Waals surface area (Å²) in [5, 5.41) is 16.1. The van der Waals surface area contributed by atoms with Gasteiger partial charge in [-0.05, 0) is 56.6 Å². The SMILES string of the molecule is CNCc1cccc2c1cc(C#CCNc1ccc(C(C)(C)C#N)nc1)n2CC(F)(F)F. The van der Waals surface area contributed by atoms with Crippen molar-refractivity contribution in [2.24, 2.45) is 0 Å². The Morgan fingerprint density at radius 1 is 1.16 bits per heavy atom. The monoisotopic (exact) mass is 439 g/mol. The van der Waals surface area contributed by atoms with Crippen molar-refractivity contribution >= 4 is 16.6 Å². The molecular formula is C24H24F3N5. The van der Waals surface area contributed by atoms with Crippen LogP contribution in [0.2, 0.25) is 0 Å². The molecule has 2 heterocycles. The highest BCUT2D eigenvalue weighted by Crippen LogP contribution is 2.27. The summed E-state index contributed by atoms with van der Waals surface area (Å²) in [5.74, 6) is 5.78. The zero-order valence-electron chi connectivity index (χ0n) is 18.1. The third-order valence-electron chi connectivity index (χ3n) is 5.02. The average molecular weight is 439 g/mol. The van der Waals surface area contributed by atoms with Gasteiger partial charge in [0.05, 0.1) is 41.3 Å². The molecule has 3 rings (SSSR count). The van der Waals surface area contributed by atoms with Gasteiger partial charge in [0.15, 0.2) is 0 Å². The van der Waals surface area contributed by atoms with Crippen molar-refractivity contribution in [3.63, 3.8) is 0 Å². The fraction of sp³-hybridized carbons (Fsp3) is 0.333. The van der Waals surface area contributed by atoms with Crippen molar-refractivity contribution in [2.75, 3.05) is 18.9 Å². The van der Waals surface area contributed by atoms with E-state index in [1.165, 1.54) is 4.57 Å². The molecule has 0 amide bonds. The molecule has 5 nitrogen and oxygen atoms in total. The second kappa shape index (κ2) is 9.33. The lowest BCUT2D eigenvalue weighted by Gasteiger charge is -2.14. The number of benzene rings is 1. The first-order chi connectivity index (χ1) is 15.1. The van der Waals surface area contributed by atoms with E-state index in [1.807, 2.05) is 6.07 Å². The molecule has 1 aromatic carbocycles. The summed E-state index contributed by atoms with van der Waals surface area (Å²) in [4.78, 5) is 4.30. The second-order valence-corrected chi connectivity index (χ2v) is 7.94. The maximum absolute atomic E-state index is 13.2. The molecule has 0 saturated carbocycles. The molecule has 3 aromatic rings. The molecule has 0 radical (unpaired) electrons. The molecule has 0 aliphatic rings. The lowest BCUT2D eigenvalue weighted by molar-refractivity contribution is -0.140. The third kappa shape index (κ3) is 5.40. The second-order valence-electron chi connectivity index (χ2n) is 7.94. The molecular weight excluding hydrogens is 415 g/mol. The van der Waals surface area contributed by atoms with Gasteiger partial charge in [-0.2, -0.15) is 18.4 Å². The van der Waals surface area contributed by atoms with Gasteiger partial charge in [0.25, 0.3) is 0 Å². The van der Waals surface area contributed by atoms with Crippen LogP contribution in [-0.4, -0.2) is 29.3 Å². The summed E-state index contributed by atoms with van der Waals surface area (Å²) in [6.45, 7) is 3.26. The Bertz CT molecular complexity index is 1190. The van der Waals surface area contributed by atoms with E-state index in [4.69, 9.17) is 0 Å². The van der Waals surface area contributed by atoms with Crippen molar-refractivity contribution in [3.8, 4) is 17.9 Å². The Morgan fingerprint density at radius 3 is 2.56 bits per heavy atom. The van der Waals surface area contributed by atoms with E-state index < -0.39 is 18.1 Å². The van der Waals surface area contributed by atoms with E-state index in [-0.39, 0.29) is 6.54 Å². The summed E-state index contributed by atoms with van der Waals surface area (Å²) in [6.07, 6.45) is -2.75. The number of hydrogen-bond donors (Lipinski definition) is 2. The molecule has 0 saturated heterocycles. The first kappa shape index (κ1) is 23.2. The van der Waals surface area contributed by atoms with Crippen LogP contribution in [0.3, 0.4) is 0 Å². The zero-order valence-corrected chi connectivity index (χ0v) is 18.1.